The summed E-state index contributed by atoms with van der Waals surface area (Å²) in [5, 5.41) is 1.28. The molecular formula is C13H13N3O. The Morgan fingerprint density at radius 1 is 1.06 bits per heavy atom. The smallest absolute Gasteiger partial charge is 0.155 e. The van der Waals surface area contributed by atoms with Crippen LogP contribution in [0.2, 0.25) is 0 Å². The number of hydrogen-bond donors (Lipinski definition) is 1. The molecule has 2 aromatic heterocycles. The van der Waals surface area contributed by atoms with Gasteiger partial charge in [0.1, 0.15) is 6.33 Å². The Morgan fingerprint density at radius 3 is 2.47 bits per heavy atom. The summed E-state index contributed by atoms with van der Waals surface area (Å²) in [6.07, 6.45) is 6.62. The first-order chi connectivity index (χ1) is 8.40. The van der Waals surface area contributed by atoms with Crippen LogP contribution in [-0.4, -0.2) is 22.1 Å². The van der Waals surface area contributed by atoms with Crippen LogP contribution in [-0.2, 0) is 0 Å². The van der Waals surface area contributed by atoms with Crippen LogP contribution >= 0.6 is 0 Å². The zero-order chi connectivity index (χ0) is 11.9. The molecule has 3 aromatic rings. The molecule has 1 aromatic carbocycles. The fourth-order valence-electron chi connectivity index (χ4n) is 1.39. The van der Waals surface area contributed by atoms with Gasteiger partial charge in [0.2, 0.25) is 0 Å². The van der Waals surface area contributed by atoms with E-state index in [2.05, 4.69) is 33.2 Å². The molecule has 3 rings (SSSR count). The second kappa shape index (κ2) is 5.65. The van der Waals surface area contributed by atoms with E-state index in [4.69, 9.17) is 4.74 Å². The maximum Gasteiger partial charge on any atom is 0.155 e. The van der Waals surface area contributed by atoms with Gasteiger partial charge < -0.3 is 9.72 Å². The van der Waals surface area contributed by atoms with Crippen molar-refractivity contribution in [2.75, 3.05) is 7.11 Å². The number of aromatic amines is 1. The maximum absolute atomic E-state index is 4.79. The molecule has 4 nitrogen and oxygen atoms in total. The molecule has 0 aliphatic heterocycles. The molecule has 0 fully saturated rings. The number of aromatic nitrogens is 3. The number of H-pyrrole nitrogens is 1. The predicted octanol–water partition coefficient (Wildman–Crippen LogP) is 2.65. The molecule has 86 valence electrons. The van der Waals surface area contributed by atoms with E-state index in [1.54, 1.807) is 19.5 Å². The average Bonchev–Trinajstić information content (AvgIpc) is 2.89. The monoisotopic (exact) mass is 227 g/mol. The number of rotatable bonds is 1. The van der Waals surface area contributed by atoms with Crippen molar-refractivity contribution in [2.45, 2.75) is 0 Å². The number of fused-ring (bicyclic) bond motifs is 1. The summed E-state index contributed by atoms with van der Waals surface area (Å²) >= 11 is 0. The standard InChI is InChI=1S/C8H7N.C5H6N2O/c1-2-4-8-7(3-1)5-6-9-8;1-8-5-2-6-4-7-3-5/h1-6,9H;2-4H,1H3. The van der Waals surface area contributed by atoms with Gasteiger partial charge in [0.15, 0.2) is 5.75 Å². The Morgan fingerprint density at radius 2 is 1.82 bits per heavy atom. The Hall–Kier alpha value is -2.36. The normalized spacial score (nSPS) is 9.47. The summed E-state index contributed by atoms with van der Waals surface area (Å²) in [6, 6.07) is 10.3. The highest BCUT2D eigenvalue weighted by Crippen LogP contribution is 2.09. The lowest BCUT2D eigenvalue weighted by atomic mass is 10.3. The van der Waals surface area contributed by atoms with Gasteiger partial charge in [-0.15, -0.1) is 0 Å². The summed E-state index contributed by atoms with van der Waals surface area (Å²) in [5.41, 5.74) is 1.21. The fourth-order valence-corrected chi connectivity index (χ4v) is 1.39. The zero-order valence-corrected chi connectivity index (χ0v) is 9.50. The lowest BCUT2D eigenvalue weighted by molar-refractivity contribution is 0.410. The Kier molecular flexibility index (Phi) is 3.70. The molecule has 4 heteroatoms. The van der Waals surface area contributed by atoms with Crippen LogP contribution in [0.15, 0.2) is 55.2 Å². The molecule has 0 aliphatic carbocycles. The predicted molar refractivity (Wildman–Crippen MR) is 66.9 cm³/mol. The molecule has 0 amide bonds. The minimum Gasteiger partial charge on any atom is -0.494 e. The molecule has 0 spiro atoms. The van der Waals surface area contributed by atoms with E-state index >= 15 is 0 Å². The summed E-state index contributed by atoms with van der Waals surface area (Å²) in [5.74, 6) is 0.688. The van der Waals surface area contributed by atoms with E-state index in [0.717, 1.165) is 0 Å². The van der Waals surface area contributed by atoms with Crippen molar-refractivity contribution >= 4 is 10.9 Å². The summed E-state index contributed by atoms with van der Waals surface area (Å²) < 4.78 is 4.79. The highest BCUT2D eigenvalue weighted by molar-refractivity contribution is 5.78. The highest BCUT2D eigenvalue weighted by atomic mass is 16.5. The van der Waals surface area contributed by atoms with Crippen LogP contribution in [0.5, 0.6) is 5.75 Å². The molecule has 2 heterocycles. The van der Waals surface area contributed by atoms with Crippen molar-refractivity contribution in [1.82, 2.24) is 15.0 Å². The van der Waals surface area contributed by atoms with Crippen molar-refractivity contribution in [1.29, 1.82) is 0 Å². The molecule has 1 N–H and O–H groups in total. The minimum absolute atomic E-state index is 0.688. The van der Waals surface area contributed by atoms with Crippen LogP contribution in [0.3, 0.4) is 0 Å². The van der Waals surface area contributed by atoms with Crippen molar-refractivity contribution < 1.29 is 4.74 Å². The third-order valence-corrected chi connectivity index (χ3v) is 2.24. The molecule has 0 saturated heterocycles. The Bertz CT molecular complexity index is 533. The molecule has 0 aliphatic rings. The molecule has 0 bridgehead atoms. The summed E-state index contributed by atoms with van der Waals surface area (Å²) in [6.45, 7) is 0. The number of methoxy groups -OCH3 is 1. The number of para-hydroxylation sites is 1. The number of nitrogens with zero attached hydrogens (tertiary/aromatic N) is 2. The largest absolute Gasteiger partial charge is 0.494 e. The van der Waals surface area contributed by atoms with Crippen LogP contribution in [0.1, 0.15) is 0 Å². The Balaban J connectivity index is 0.000000128. The van der Waals surface area contributed by atoms with E-state index in [0.29, 0.717) is 5.75 Å². The van der Waals surface area contributed by atoms with E-state index in [9.17, 15) is 0 Å². The minimum atomic E-state index is 0.688. The van der Waals surface area contributed by atoms with Crippen LogP contribution < -0.4 is 4.74 Å². The number of benzene rings is 1. The van der Waals surface area contributed by atoms with Crippen LogP contribution in [0, 0.1) is 0 Å². The fraction of sp³-hybridized carbons (Fsp3) is 0.0769. The number of hydrogen-bond acceptors (Lipinski definition) is 3. The van der Waals surface area contributed by atoms with Crippen molar-refractivity contribution in [2.24, 2.45) is 0 Å². The first-order valence-corrected chi connectivity index (χ1v) is 5.21. The van der Waals surface area contributed by atoms with Gasteiger partial charge in [-0.1, -0.05) is 18.2 Å². The van der Waals surface area contributed by atoms with Gasteiger partial charge >= 0.3 is 0 Å². The van der Waals surface area contributed by atoms with E-state index in [-0.39, 0.29) is 0 Å². The van der Waals surface area contributed by atoms with E-state index in [1.807, 2.05) is 18.3 Å². The topological polar surface area (TPSA) is 50.8 Å². The second-order valence-electron chi connectivity index (χ2n) is 3.34. The maximum atomic E-state index is 4.79. The summed E-state index contributed by atoms with van der Waals surface area (Å²) in [7, 11) is 1.58. The van der Waals surface area contributed by atoms with Gasteiger partial charge in [0.05, 0.1) is 19.5 Å². The Labute approximate surface area is 99.3 Å². The third kappa shape index (κ3) is 3.04. The zero-order valence-electron chi connectivity index (χ0n) is 9.50. The molecule has 0 atom stereocenters. The van der Waals surface area contributed by atoms with Crippen molar-refractivity contribution in [3.8, 4) is 5.75 Å². The number of nitrogens with one attached hydrogen (secondary N) is 1. The van der Waals surface area contributed by atoms with E-state index in [1.165, 1.54) is 17.2 Å². The second-order valence-corrected chi connectivity index (χ2v) is 3.34. The first kappa shape index (κ1) is 11.1. The quantitative estimate of drug-likeness (QED) is 0.695. The molecular weight excluding hydrogens is 214 g/mol. The van der Waals surface area contributed by atoms with Gasteiger partial charge in [0.25, 0.3) is 0 Å². The number of ether oxygens (including phenoxy) is 1. The van der Waals surface area contributed by atoms with Crippen molar-refractivity contribution in [3.05, 3.63) is 55.2 Å². The molecule has 0 saturated carbocycles. The van der Waals surface area contributed by atoms with Crippen molar-refractivity contribution in [3.63, 3.8) is 0 Å². The van der Waals surface area contributed by atoms with Gasteiger partial charge in [-0.2, -0.15) is 0 Å². The van der Waals surface area contributed by atoms with Gasteiger partial charge in [-0.3, -0.25) is 0 Å². The lowest BCUT2D eigenvalue weighted by Gasteiger charge is -1.92. The van der Waals surface area contributed by atoms with Crippen LogP contribution in [0.4, 0.5) is 0 Å². The molecule has 0 radical (unpaired) electrons. The highest BCUT2D eigenvalue weighted by Gasteiger charge is 1.86. The lowest BCUT2D eigenvalue weighted by Crippen LogP contribution is -1.83. The van der Waals surface area contributed by atoms with Gasteiger partial charge in [0, 0.05) is 11.7 Å². The third-order valence-electron chi connectivity index (χ3n) is 2.24. The van der Waals surface area contributed by atoms with Gasteiger partial charge in [-0.25, -0.2) is 9.97 Å². The van der Waals surface area contributed by atoms with Gasteiger partial charge in [-0.05, 0) is 17.5 Å². The summed E-state index contributed by atoms with van der Waals surface area (Å²) in [4.78, 5) is 10.6. The van der Waals surface area contributed by atoms with E-state index < -0.39 is 0 Å². The average molecular weight is 227 g/mol. The first-order valence-electron chi connectivity index (χ1n) is 5.21. The molecule has 17 heavy (non-hydrogen) atoms. The SMILES string of the molecule is COc1cncnc1.c1ccc2[nH]ccc2c1. The molecule has 0 unspecified atom stereocenters. The van der Waals surface area contributed by atoms with Crippen LogP contribution in [0.25, 0.3) is 10.9 Å².